The van der Waals surface area contributed by atoms with Crippen LogP contribution in [0.5, 0.6) is 0 Å². The van der Waals surface area contributed by atoms with E-state index in [4.69, 9.17) is 0 Å². The number of pyridine rings is 1. The molecule has 28 heavy (non-hydrogen) atoms. The minimum atomic E-state index is -0.0973. The molecule has 0 fully saturated rings. The van der Waals surface area contributed by atoms with Gasteiger partial charge in [-0.05, 0) is 47.5 Å². The van der Waals surface area contributed by atoms with Crippen LogP contribution < -0.4 is 10.6 Å². The number of aryl methyl sites for hydroxylation is 2. The molecule has 154 valence electrons. The molecule has 0 unspecified atom stereocenters. The molecule has 2 heterocycles. The third kappa shape index (κ3) is 7.78. The Hall–Kier alpha value is -1.62. The van der Waals surface area contributed by atoms with Crippen LogP contribution in [0, 0.1) is 6.92 Å². The molecule has 0 aliphatic heterocycles. The van der Waals surface area contributed by atoms with Crippen molar-refractivity contribution in [1.29, 1.82) is 0 Å². The lowest BCUT2D eigenvalue weighted by atomic mass is 10.3. The zero-order chi connectivity index (χ0) is 19.8. The molecule has 0 aliphatic rings. The van der Waals surface area contributed by atoms with E-state index >= 15 is 0 Å². The van der Waals surface area contributed by atoms with Crippen molar-refractivity contribution >= 4 is 57.6 Å². The highest BCUT2D eigenvalue weighted by molar-refractivity contribution is 14.0. The molecular weight excluding hydrogens is 535 g/mol. The van der Waals surface area contributed by atoms with Gasteiger partial charge in [-0.2, -0.15) is 0 Å². The first-order chi connectivity index (χ1) is 12.9. The summed E-state index contributed by atoms with van der Waals surface area (Å²) < 4.78 is 3.13. The average Bonchev–Trinajstić information content (AvgIpc) is 2.93. The van der Waals surface area contributed by atoms with Crippen molar-refractivity contribution in [2.24, 2.45) is 12.0 Å². The van der Waals surface area contributed by atoms with E-state index in [1.54, 1.807) is 12.3 Å². The number of aromatic nitrogens is 2. The van der Waals surface area contributed by atoms with Crippen molar-refractivity contribution in [3.05, 3.63) is 46.3 Å². The molecule has 2 rings (SSSR count). The van der Waals surface area contributed by atoms with Crippen molar-refractivity contribution in [2.45, 2.75) is 26.8 Å². The number of anilines is 1. The standard InChI is InChI=1S/C19H27BrN6O.HI/c1-5-21-19(26(4)13-16-10-15(20)12-25(16)3)22-9-8-18(27)24-17-7-6-14(2)11-23-17;/h6-7,10-12H,5,8-9,13H2,1-4H3,(H,21,22)(H,23,24,27);1H. The Labute approximate surface area is 192 Å². The van der Waals surface area contributed by atoms with Crippen molar-refractivity contribution in [1.82, 2.24) is 19.8 Å². The average molecular weight is 563 g/mol. The predicted octanol–water partition coefficient (Wildman–Crippen LogP) is 3.54. The smallest absolute Gasteiger partial charge is 0.227 e. The Kier molecular flexibility index (Phi) is 10.5. The van der Waals surface area contributed by atoms with Crippen molar-refractivity contribution in [2.75, 3.05) is 25.5 Å². The van der Waals surface area contributed by atoms with Gasteiger partial charge in [0, 0.05) is 49.6 Å². The van der Waals surface area contributed by atoms with Gasteiger partial charge in [0.15, 0.2) is 5.96 Å². The number of guanidine groups is 1. The first kappa shape index (κ1) is 24.4. The molecule has 9 heteroatoms. The number of carbonyl (C=O) groups excluding carboxylic acids is 1. The minimum Gasteiger partial charge on any atom is -0.357 e. The van der Waals surface area contributed by atoms with Crippen LogP contribution in [0.25, 0.3) is 0 Å². The van der Waals surface area contributed by atoms with E-state index < -0.39 is 0 Å². The summed E-state index contributed by atoms with van der Waals surface area (Å²) in [6.07, 6.45) is 4.05. The molecule has 2 N–H and O–H groups in total. The first-order valence-corrected chi connectivity index (χ1v) is 9.71. The molecule has 0 saturated heterocycles. The highest BCUT2D eigenvalue weighted by atomic mass is 127. The summed E-state index contributed by atoms with van der Waals surface area (Å²) >= 11 is 3.49. The molecule has 0 bridgehead atoms. The van der Waals surface area contributed by atoms with Crippen LogP contribution in [-0.2, 0) is 18.4 Å². The van der Waals surface area contributed by atoms with Gasteiger partial charge in [-0.15, -0.1) is 24.0 Å². The van der Waals surface area contributed by atoms with E-state index in [0.717, 1.165) is 28.2 Å². The first-order valence-electron chi connectivity index (χ1n) is 8.91. The summed E-state index contributed by atoms with van der Waals surface area (Å²) in [5, 5.41) is 6.06. The number of hydrogen-bond donors (Lipinski definition) is 2. The quantitative estimate of drug-likeness (QED) is 0.307. The molecule has 0 saturated carbocycles. The van der Waals surface area contributed by atoms with Crippen LogP contribution in [0.1, 0.15) is 24.6 Å². The van der Waals surface area contributed by atoms with Crippen LogP contribution in [-0.4, -0.2) is 46.5 Å². The second kappa shape index (κ2) is 12.1. The lowest BCUT2D eigenvalue weighted by molar-refractivity contribution is -0.116. The molecule has 0 aliphatic carbocycles. The fourth-order valence-electron chi connectivity index (χ4n) is 2.52. The van der Waals surface area contributed by atoms with E-state index in [9.17, 15) is 4.79 Å². The summed E-state index contributed by atoms with van der Waals surface area (Å²) in [6, 6.07) is 5.80. The molecule has 7 nitrogen and oxygen atoms in total. The second-order valence-corrected chi connectivity index (χ2v) is 7.29. The highest BCUT2D eigenvalue weighted by Crippen LogP contribution is 2.15. The summed E-state index contributed by atoms with van der Waals surface area (Å²) in [5.41, 5.74) is 2.22. The van der Waals surface area contributed by atoms with E-state index in [1.807, 2.05) is 45.1 Å². The number of nitrogens with one attached hydrogen (secondary N) is 2. The van der Waals surface area contributed by atoms with E-state index in [0.29, 0.717) is 25.3 Å². The van der Waals surface area contributed by atoms with E-state index in [-0.39, 0.29) is 29.9 Å². The summed E-state index contributed by atoms with van der Waals surface area (Å²) in [4.78, 5) is 22.9. The zero-order valence-corrected chi connectivity index (χ0v) is 20.6. The third-order valence-electron chi connectivity index (χ3n) is 3.95. The molecule has 0 aromatic carbocycles. The Bertz CT molecular complexity index is 790. The number of aliphatic imine (C=N–C) groups is 1. The van der Waals surface area contributed by atoms with Gasteiger partial charge in [0.1, 0.15) is 5.82 Å². The normalized spacial score (nSPS) is 11.0. The molecule has 0 atom stereocenters. The Morgan fingerprint density at radius 3 is 2.71 bits per heavy atom. The summed E-state index contributed by atoms with van der Waals surface area (Å²) in [5.74, 6) is 1.24. The SMILES string of the molecule is CCNC(=NCCC(=O)Nc1ccc(C)cn1)N(C)Cc1cc(Br)cn1C.I. The van der Waals surface area contributed by atoms with Gasteiger partial charge in [0.05, 0.1) is 13.1 Å². The Morgan fingerprint density at radius 1 is 1.39 bits per heavy atom. The van der Waals surface area contributed by atoms with Gasteiger partial charge in [0.25, 0.3) is 0 Å². The predicted molar refractivity (Wildman–Crippen MR) is 128 cm³/mol. The van der Waals surface area contributed by atoms with Gasteiger partial charge in [0.2, 0.25) is 5.91 Å². The molecule has 2 aromatic heterocycles. The number of carbonyl (C=O) groups is 1. The molecule has 2 aromatic rings. The topological polar surface area (TPSA) is 74.5 Å². The van der Waals surface area contributed by atoms with Crippen LogP contribution in [0.4, 0.5) is 5.82 Å². The number of hydrogen-bond acceptors (Lipinski definition) is 3. The number of nitrogens with zero attached hydrogens (tertiary/aromatic N) is 4. The molecule has 0 radical (unpaired) electrons. The van der Waals surface area contributed by atoms with Gasteiger partial charge >= 0.3 is 0 Å². The van der Waals surface area contributed by atoms with Crippen LogP contribution in [0.3, 0.4) is 0 Å². The number of halogens is 2. The van der Waals surface area contributed by atoms with E-state index in [1.165, 1.54) is 0 Å². The summed E-state index contributed by atoms with van der Waals surface area (Å²) in [7, 11) is 4.00. The van der Waals surface area contributed by atoms with Crippen molar-refractivity contribution in [3.8, 4) is 0 Å². The maximum absolute atomic E-state index is 12.1. The van der Waals surface area contributed by atoms with Gasteiger partial charge in [-0.1, -0.05) is 6.07 Å². The van der Waals surface area contributed by atoms with E-state index in [2.05, 4.69) is 47.2 Å². The Morgan fingerprint density at radius 2 is 2.14 bits per heavy atom. The number of rotatable bonds is 7. The third-order valence-corrected chi connectivity index (χ3v) is 4.38. The summed E-state index contributed by atoms with van der Waals surface area (Å²) in [6.45, 7) is 5.87. The highest BCUT2D eigenvalue weighted by Gasteiger charge is 2.10. The fourth-order valence-corrected chi connectivity index (χ4v) is 3.09. The van der Waals surface area contributed by atoms with Crippen LogP contribution >= 0.6 is 39.9 Å². The second-order valence-electron chi connectivity index (χ2n) is 6.37. The van der Waals surface area contributed by atoms with Crippen molar-refractivity contribution in [3.63, 3.8) is 0 Å². The monoisotopic (exact) mass is 562 g/mol. The lowest BCUT2D eigenvalue weighted by Crippen LogP contribution is -2.39. The largest absolute Gasteiger partial charge is 0.357 e. The minimum absolute atomic E-state index is 0. The fraction of sp³-hybridized carbons (Fsp3) is 0.421. The van der Waals surface area contributed by atoms with Gasteiger partial charge in [-0.3, -0.25) is 9.79 Å². The Balaban J connectivity index is 0.00000392. The zero-order valence-electron chi connectivity index (χ0n) is 16.7. The van der Waals surface area contributed by atoms with Gasteiger partial charge < -0.3 is 20.1 Å². The molecular formula is C19H28BrIN6O. The molecule has 1 amide bonds. The maximum atomic E-state index is 12.1. The lowest BCUT2D eigenvalue weighted by Gasteiger charge is -2.22. The molecule has 0 spiro atoms. The maximum Gasteiger partial charge on any atom is 0.227 e. The van der Waals surface area contributed by atoms with Crippen LogP contribution in [0.15, 0.2) is 40.1 Å². The van der Waals surface area contributed by atoms with Crippen LogP contribution in [0.2, 0.25) is 0 Å². The number of amides is 1. The van der Waals surface area contributed by atoms with Gasteiger partial charge in [-0.25, -0.2) is 4.98 Å². The van der Waals surface area contributed by atoms with Crippen molar-refractivity contribution < 1.29 is 4.79 Å².